The summed E-state index contributed by atoms with van der Waals surface area (Å²) in [4.78, 5) is 11.4. The zero-order chi connectivity index (χ0) is 20.5. The number of aliphatic imine (C=N–C) groups is 1. The van der Waals surface area contributed by atoms with Crippen molar-refractivity contribution in [2.75, 3.05) is 34.4 Å². The number of aromatic nitrogens is 1. The molecule has 0 aliphatic rings. The first-order valence-electron chi connectivity index (χ1n) is 9.30. The van der Waals surface area contributed by atoms with Gasteiger partial charge >= 0.3 is 0 Å². The van der Waals surface area contributed by atoms with Crippen molar-refractivity contribution in [3.63, 3.8) is 0 Å². The van der Waals surface area contributed by atoms with E-state index in [1.54, 1.807) is 31.6 Å². The van der Waals surface area contributed by atoms with Gasteiger partial charge in [-0.3, -0.25) is 4.99 Å². The number of ether oxygens (including phenoxy) is 2. The van der Waals surface area contributed by atoms with Crippen LogP contribution in [0.4, 0.5) is 0 Å². The van der Waals surface area contributed by atoms with Crippen LogP contribution in [0.2, 0.25) is 0 Å². The Kier molecular flexibility index (Phi) is 11.3. The molecule has 7 nitrogen and oxygen atoms in total. The molecule has 1 heterocycles. The predicted molar refractivity (Wildman–Crippen MR) is 129 cm³/mol. The third-order valence-electron chi connectivity index (χ3n) is 4.27. The van der Waals surface area contributed by atoms with E-state index in [0.29, 0.717) is 18.8 Å². The third-order valence-corrected chi connectivity index (χ3v) is 5.33. The number of phenolic OH excluding ortho intramolecular Hbond substituents is 1. The Balaban J connectivity index is 0.00000420. The fourth-order valence-electron chi connectivity index (χ4n) is 2.64. The van der Waals surface area contributed by atoms with E-state index in [0.717, 1.165) is 35.2 Å². The van der Waals surface area contributed by atoms with Crippen LogP contribution in [0.1, 0.15) is 36.2 Å². The molecular formula is C20H31IN4O3S. The van der Waals surface area contributed by atoms with Crippen LogP contribution in [0.25, 0.3) is 0 Å². The summed E-state index contributed by atoms with van der Waals surface area (Å²) >= 11 is 1.61. The van der Waals surface area contributed by atoms with Crippen LogP contribution in [-0.4, -0.2) is 55.3 Å². The van der Waals surface area contributed by atoms with Crippen LogP contribution < -0.4 is 10.1 Å². The zero-order valence-corrected chi connectivity index (χ0v) is 20.8. The Morgan fingerprint density at radius 1 is 1.38 bits per heavy atom. The standard InChI is InChI=1S/C20H30N4O3S.HI/c1-6-21-20(22-10-9-15-7-8-17(25)18(11-15)27-5)24(3)12-16-13-28-19(23-16)14(2)26-4;/h7-8,11,13-14,25H,6,9-10,12H2,1-5H3,(H,21,22);1H. The van der Waals surface area contributed by atoms with E-state index in [4.69, 9.17) is 14.5 Å². The Labute approximate surface area is 194 Å². The number of thiazole rings is 1. The van der Waals surface area contributed by atoms with E-state index in [9.17, 15) is 5.11 Å². The van der Waals surface area contributed by atoms with E-state index in [1.165, 1.54) is 0 Å². The Morgan fingerprint density at radius 3 is 2.79 bits per heavy atom. The smallest absolute Gasteiger partial charge is 0.194 e. The molecule has 0 saturated heterocycles. The number of hydrogen-bond donors (Lipinski definition) is 2. The number of hydrogen-bond acceptors (Lipinski definition) is 6. The second-order valence-electron chi connectivity index (χ2n) is 6.40. The van der Waals surface area contributed by atoms with Gasteiger partial charge in [-0.1, -0.05) is 6.07 Å². The van der Waals surface area contributed by atoms with Crippen molar-refractivity contribution < 1.29 is 14.6 Å². The number of aromatic hydroxyl groups is 1. The predicted octanol–water partition coefficient (Wildman–Crippen LogP) is 3.82. The van der Waals surface area contributed by atoms with Crippen LogP contribution in [-0.2, 0) is 17.7 Å². The van der Waals surface area contributed by atoms with Gasteiger partial charge in [-0.05, 0) is 38.0 Å². The van der Waals surface area contributed by atoms with Gasteiger partial charge in [-0.25, -0.2) is 4.98 Å². The van der Waals surface area contributed by atoms with Crippen molar-refractivity contribution >= 4 is 41.3 Å². The number of rotatable bonds is 9. The van der Waals surface area contributed by atoms with Crippen molar-refractivity contribution in [2.45, 2.75) is 32.9 Å². The summed E-state index contributed by atoms with van der Waals surface area (Å²) in [6.07, 6.45) is 0.763. The fourth-order valence-corrected chi connectivity index (χ4v) is 3.48. The minimum Gasteiger partial charge on any atom is -0.504 e. The van der Waals surface area contributed by atoms with Crippen molar-refractivity contribution in [1.29, 1.82) is 0 Å². The highest BCUT2D eigenvalue weighted by atomic mass is 127. The SMILES string of the molecule is CCNC(=NCCc1ccc(O)c(OC)c1)N(C)Cc1csc(C(C)OC)n1.I. The largest absolute Gasteiger partial charge is 0.504 e. The van der Waals surface area contributed by atoms with E-state index < -0.39 is 0 Å². The quantitative estimate of drug-likeness (QED) is 0.290. The monoisotopic (exact) mass is 534 g/mol. The highest BCUT2D eigenvalue weighted by Gasteiger charge is 2.12. The molecule has 29 heavy (non-hydrogen) atoms. The summed E-state index contributed by atoms with van der Waals surface area (Å²) in [6, 6.07) is 5.38. The van der Waals surface area contributed by atoms with Crippen molar-refractivity contribution in [3.05, 3.63) is 39.8 Å². The molecule has 0 spiro atoms. The average Bonchev–Trinajstić information content (AvgIpc) is 3.16. The lowest BCUT2D eigenvalue weighted by Gasteiger charge is -2.21. The normalized spacial score (nSPS) is 12.2. The number of nitrogens with one attached hydrogen (secondary N) is 1. The highest BCUT2D eigenvalue weighted by molar-refractivity contribution is 14.0. The summed E-state index contributed by atoms with van der Waals surface area (Å²) < 4.78 is 10.5. The molecule has 9 heteroatoms. The van der Waals surface area contributed by atoms with Gasteiger partial charge in [0.2, 0.25) is 0 Å². The number of phenols is 1. The van der Waals surface area contributed by atoms with Gasteiger partial charge in [0.25, 0.3) is 0 Å². The maximum atomic E-state index is 9.70. The first-order valence-corrected chi connectivity index (χ1v) is 10.2. The molecule has 1 atom stereocenters. The molecule has 1 aromatic carbocycles. The van der Waals surface area contributed by atoms with Gasteiger partial charge in [-0.15, -0.1) is 35.3 Å². The topological polar surface area (TPSA) is 79.2 Å². The summed E-state index contributed by atoms with van der Waals surface area (Å²) in [5.41, 5.74) is 2.06. The maximum absolute atomic E-state index is 9.70. The summed E-state index contributed by atoms with van der Waals surface area (Å²) in [5.74, 6) is 1.46. The maximum Gasteiger partial charge on any atom is 0.194 e. The first-order chi connectivity index (χ1) is 13.5. The van der Waals surface area contributed by atoms with E-state index in [1.807, 2.05) is 26.1 Å². The Bertz CT molecular complexity index is 785. The molecule has 2 N–H and O–H groups in total. The van der Waals surface area contributed by atoms with Gasteiger partial charge in [0, 0.05) is 32.6 Å². The third kappa shape index (κ3) is 7.63. The lowest BCUT2D eigenvalue weighted by atomic mass is 10.1. The minimum absolute atomic E-state index is 0. The van der Waals surface area contributed by atoms with Gasteiger partial charge in [0.05, 0.1) is 19.3 Å². The van der Waals surface area contributed by atoms with Gasteiger partial charge in [-0.2, -0.15) is 0 Å². The second kappa shape index (κ2) is 12.9. The molecule has 0 saturated carbocycles. The molecule has 2 rings (SSSR count). The molecule has 0 aliphatic heterocycles. The molecule has 2 aromatic rings. The first kappa shape index (κ1) is 25.4. The molecule has 1 unspecified atom stereocenters. The number of halogens is 1. The van der Waals surface area contributed by atoms with Crippen LogP contribution >= 0.6 is 35.3 Å². The Morgan fingerprint density at radius 2 is 2.14 bits per heavy atom. The van der Waals surface area contributed by atoms with Crippen LogP contribution in [0.5, 0.6) is 11.5 Å². The van der Waals surface area contributed by atoms with E-state index >= 15 is 0 Å². The fraction of sp³-hybridized carbons (Fsp3) is 0.500. The molecule has 0 bridgehead atoms. The summed E-state index contributed by atoms with van der Waals surface area (Å²) in [5, 5.41) is 16.1. The van der Waals surface area contributed by atoms with Crippen molar-refractivity contribution in [1.82, 2.24) is 15.2 Å². The van der Waals surface area contributed by atoms with Gasteiger partial charge in [0.15, 0.2) is 17.5 Å². The number of nitrogens with zero attached hydrogens (tertiary/aromatic N) is 3. The number of methoxy groups -OCH3 is 2. The molecule has 0 fully saturated rings. The second-order valence-corrected chi connectivity index (χ2v) is 7.29. The van der Waals surface area contributed by atoms with Gasteiger partial charge in [0.1, 0.15) is 11.1 Å². The molecule has 1 aromatic heterocycles. The highest BCUT2D eigenvalue weighted by Crippen LogP contribution is 2.26. The van der Waals surface area contributed by atoms with Crippen LogP contribution in [0.3, 0.4) is 0 Å². The van der Waals surface area contributed by atoms with E-state index in [-0.39, 0.29) is 35.8 Å². The van der Waals surface area contributed by atoms with Crippen molar-refractivity contribution in [3.8, 4) is 11.5 Å². The molecule has 0 aliphatic carbocycles. The lowest BCUT2D eigenvalue weighted by molar-refractivity contribution is 0.119. The lowest BCUT2D eigenvalue weighted by Crippen LogP contribution is -2.38. The molecule has 0 radical (unpaired) electrons. The van der Waals surface area contributed by atoms with Crippen LogP contribution in [0.15, 0.2) is 28.6 Å². The molecule has 0 amide bonds. The number of benzene rings is 1. The van der Waals surface area contributed by atoms with Gasteiger partial charge < -0.3 is 24.8 Å². The molecule has 162 valence electrons. The average molecular weight is 534 g/mol. The Hall–Kier alpha value is -1.59. The van der Waals surface area contributed by atoms with Crippen molar-refractivity contribution in [2.24, 2.45) is 4.99 Å². The summed E-state index contributed by atoms with van der Waals surface area (Å²) in [7, 11) is 5.24. The summed E-state index contributed by atoms with van der Waals surface area (Å²) in [6.45, 7) is 6.14. The minimum atomic E-state index is 0. The zero-order valence-electron chi connectivity index (χ0n) is 17.6. The number of guanidine groups is 1. The van der Waals surface area contributed by atoms with E-state index in [2.05, 4.69) is 27.5 Å². The van der Waals surface area contributed by atoms with Crippen LogP contribution in [0, 0.1) is 0 Å². The molecular weight excluding hydrogens is 503 g/mol.